The topological polar surface area (TPSA) is 96.5 Å². The van der Waals surface area contributed by atoms with Crippen molar-refractivity contribution in [3.8, 4) is 0 Å². The van der Waals surface area contributed by atoms with E-state index in [0.29, 0.717) is 29.0 Å². The van der Waals surface area contributed by atoms with E-state index in [1.54, 1.807) is 69.3 Å². The molecule has 0 bridgehead atoms. The van der Waals surface area contributed by atoms with Gasteiger partial charge in [-0.1, -0.05) is 6.07 Å². The molecule has 0 aromatic heterocycles. The van der Waals surface area contributed by atoms with Gasteiger partial charge in [-0.25, -0.2) is 4.79 Å². The summed E-state index contributed by atoms with van der Waals surface area (Å²) in [4.78, 5) is 36.1. The third-order valence-corrected chi connectivity index (χ3v) is 3.51. The van der Waals surface area contributed by atoms with Crippen LogP contribution in [0.5, 0.6) is 0 Å². The van der Waals surface area contributed by atoms with Crippen molar-refractivity contribution in [2.75, 3.05) is 17.2 Å². The molecule has 28 heavy (non-hydrogen) atoms. The number of rotatable bonds is 5. The molecule has 2 rings (SSSR count). The first-order valence-electron chi connectivity index (χ1n) is 8.97. The van der Waals surface area contributed by atoms with Crippen LogP contribution in [-0.2, 0) is 4.74 Å². The smallest absolute Gasteiger partial charge is 0.412 e. The lowest BCUT2D eigenvalue weighted by atomic mass is 10.1. The number of amides is 3. The molecule has 0 aliphatic carbocycles. The summed E-state index contributed by atoms with van der Waals surface area (Å²) in [6, 6.07) is 13.1. The summed E-state index contributed by atoms with van der Waals surface area (Å²) < 4.78 is 5.18. The van der Waals surface area contributed by atoms with E-state index in [1.807, 2.05) is 6.92 Å². The molecule has 0 fully saturated rings. The van der Waals surface area contributed by atoms with Gasteiger partial charge >= 0.3 is 6.09 Å². The highest BCUT2D eigenvalue weighted by molar-refractivity contribution is 6.05. The van der Waals surface area contributed by atoms with Crippen molar-refractivity contribution < 1.29 is 19.1 Å². The van der Waals surface area contributed by atoms with Gasteiger partial charge in [0.1, 0.15) is 5.60 Å². The molecule has 0 saturated carbocycles. The molecule has 7 heteroatoms. The number of benzene rings is 2. The van der Waals surface area contributed by atoms with E-state index in [4.69, 9.17) is 4.74 Å². The van der Waals surface area contributed by atoms with Gasteiger partial charge in [0.15, 0.2) is 0 Å². The number of ether oxygens (including phenoxy) is 1. The minimum absolute atomic E-state index is 0.198. The van der Waals surface area contributed by atoms with E-state index >= 15 is 0 Å². The molecule has 0 saturated heterocycles. The minimum Gasteiger partial charge on any atom is -0.444 e. The highest BCUT2D eigenvalue weighted by Crippen LogP contribution is 2.15. The fourth-order valence-corrected chi connectivity index (χ4v) is 2.33. The lowest BCUT2D eigenvalue weighted by Crippen LogP contribution is -2.27. The Kier molecular flexibility index (Phi) is 6.76. The normalized spacial score (nSPS) is 10.7. The summed E-state index contributed by atoms with van der Waals surface area (Å²) in [5, 5.41) is 8.08. The third-order valence-electron chi connectivity index (χ3n) is 3.51. The van der Waals surface area contributed by atoms with Gasteiger partial charge in [0.25, 0.3) is 11.8 Å². The summed E-state index contributed by atoms with van der Waals surface area (Å²) in [7, 11) is 0. The van der Waals surface area contributed by atoms with Gasteiger partial charge < -0.3 is 15.4 Å². The zero-order valence-corrected chi connectivity index (χ0v) is 16.5. The molecular formula is C21H25N3O4. The van der Waals surface area contributed by atoms with Gasteiger partial charge in [-0.2, -0.15) is 0 Å². The highest BCUT2D eigenvalue weighted by Gasteiger charge is 2.16. The van der Waals surface area contributed by atoms with Crippen molar-refractivity contribution in [3.63, 3.8) is 0 Å². The van der Waals surface area contributed by atoms with Gasteiger partial charge in [-0.05, 0) is 70.2 Å². The number of nitrogens with one attached hydrogen (secondary N) is 3. The van der Waals surface area contributed by atoms with E-state index in [0.717, 1.165) is 0 Å². The number of carbonyl (C=O) groups excluding carboxylic acids is 3. The van der Waals surface area contributed by atoms with Gasteiger partial charge in [-0.15, -0.1) is 0 Å². The van der Waals surface area contributed by atoms with Gasteiger partial charge in [-0.3, -0.25) is 14.9 Å². The molecule has 0 unspecified atom stereocenters. The molecule has 2 aromatic carbocycles. The molecule has 3 amide bonds. The fourth-order valence-electron chi connectivity index (χ4n) is 2.33. The zero-order chi connectivity index (χ0) is 20.7. The number of anilines is 2. The van der Waals surface area contributed by atoms with Crippen molar-refractivity contribution >= 4 is 29.3 Å². The Morgan fingerprint density at radius 3 is 2.14 bits per heavy atom. The molecule has 0 spiro atoms. The molecular weight excluding hydrogens is 358 g/mol. The maximum Gasteiger partial charge on any atom is 0.412 e. The van der Waals surface area contributed by atoms with Crippen LogP contribution in [0.4, 0.5) is 16.2 Å². The quantitative estimate of drug-likeness (QED) is 0.726. The standard InChI is InChI=1S/C21H25N3O4/c1-5-22-18(25)15-7-6-8-17(13-15)23-19(26)14-9-11-16(12-10-14)24-20(27)28-21(2,3)4/h6-13H,5H2,1-4H3,(H,22,25)(H,23,26)(H,24,27). The summed E-state index contributed by atoms with van der Waals surface area (Å²) in [5.41, 5.74) is 1.33. The largest absolute Gasteiger partial charge is 0.444 e. The second-order valence-electron chi connectivity index (χ2n) is 7.10. The van der Waals surface area contributed by atoms with E-state index in [1.165, 1.54) is 0 Å². The van der Waals surface area contributed by atoms with Crippen LogP contribution >= 0.6 is 0 Å². The van der Waals surface area contributed by atoms with Crippen LogP contribution in [0.2, 0.25) is 0 Å². The highest BCUT2D eigenvalue weighted by atomic mass is 16.6. The maximum atomic E-state index is 12.4. The van der Waals surface area contributed by atoms with E-state index in [2.05, 4.69) is 16.0 Å². The summed E-state index contributed by atoms with van der Waals surface area (Å²) in [5.74, 6) is -0.520. The lowest BCUT2D eigenvalue weighted by molar-refractivity contribution is 0.0635. The first kappa shape index (κ1) is 21.0. The average Bonchev–Trinajstić information content (AvgIpc) is 2.61. The molecule has 2 aromatic rings. The molecule has 0 aliphatic heterocycles. The van der Waals surface area contributed by atoms with Crippen LogP contribution in [0.15, 0.2) is 48.5 Å². The van der Waals surface area contributed by atoms with Crippen LogP contribution < -0.4 is 16.0 Å². The van der Waals surface area contributed by atoms with Crippen LogP contribution in [0.3, 0.4) is 0 Å². The van der Waals surface area contributed by atoms with Gasteiger partial charge in [0, 0.05) is 29.0 Å². The third kappa shape index (κ3) is 6.42. The predicted octanol–water partition coefficient (Wildman–Crippen LogP) is 4.04. The first-order chi connectivity index (χ1) is 13.2. The molecule has 0 heterocycles. The lowest BCUT2D eigenvalue weighted by Gasteiger charge is -2.19. The summed E-state index contributed by atoms with van der Waals surface area (Å²) >= 11 is 0. The Balaban J connectivity index is 2.01. The Hall–Kier alpha value is -3.35. The van der Waals surface area contributed by atoms with Crippen LogP contribution in [0.1, 0.15) is 48.4 Å². The Bertz CT molecular complexity index is 855. The second-order valence-corrected chi connectivity index (χ2v) is 7.10. The fraction of sp³-hybridized carbons (Fsp3) is 0.286. The van der Waals surface area contributed by atoms with Crippen molar-refractivity contribution in [2.45, 2.75) is 33.3 Å². The van der Waals surface area contributed by atoms with Crippen LogP contribution in [-0.4, -0.2) is 30.1 Å². The SMILES string of the molecule is CCNC(=O)c1cccc(NC(=O)c2ccc(NC(=O)OC(C)(C)C)cc2)c1. The van der Waals surface area contributed by atoms with Crippen molar-refractivity contribution in [3.05, 3.63) is 59.7 Å². The maximum absolute atomic E-state index is 12.4. The first-order valence-corrected chi connectivity index (χ1v) is 8.97. The van der Waals surface area contributed by atoms with Crippen molar-refractivity contribution in [2.24, 2.45) is 0 Å². The predicted molar refractivity (Wildman–Crippen MR) is 109 cm³/mol. The number of hydrogen-bond acceptors (Lipinski definition) is 4. The molecule has 0 atom stereocenters. The molecule has 0 radical (unpaired) electrons. The van der Waals surface area contributed by atoms with Gasteiger partial charge in [0.05, 0.1) is 0 Å². The van der Waals surface area contributed by atoms with E-state index in [-0.39, 0.29) is 11.8 Å². The Labute approximate surface area is 164 Å². The Morgan fingerprint density at radius 2 is 1.54 bits per heavy atom. The van der Waals surface area contributed by atoms with Gasteiger partial charge in [0.2, 0.25) is 0 Å². The number of carbonyl (C=O) groups is 3. The zero-order valence-electron chi connectivity index (χ0n) is 16.5. The average molecular weight is 383 g/mol. The molecule has 0 aliphatic rings. The minimum atomic E-state index is -0.591. The second kappa shape index (κ2) is 9.03. The molecule has 3 N–H and O–H groups in total. The molecule has 7 nitrogen and oxygen atoms in total. The van der Waals surface area contributed by atoms with E-state index < -0.39 is 11.7 Å². The Morgan fingerprint density at radius 1 is 0.857 bits per heavy atom. The van der Waals surface area contributed by atoms with Crippen molar-refractivity contribution in [1.29, 1.82) is 0 Å². The van der Waals surface area contributed by atoms with E-state index in [9.17, 15) is 14.4 Å². The van der Waals surface area contributed by atoms with Crippen molar-refractivity contribution in [1.82, 2.24) is 5.32 Å². The summed E-state index contributed by atoms with van der Waals surface area (Å²) in [6.07, 6.45) is -0.563. The monoisotopic (exact) mass is 383 g/mol. The van der Waals surface area contributed by atoms with Crippen LogP contribution in [0.25, 0.3) is 0 Å². The van der Waals surface area contributed by atoms with Crippen LogP contribution in [0, 0.1) is 0 Å². The number of hydrogen-bond donors (Lipinski definition) is 3. The molecule has 148 valence electrons. The summed E-state index contributed by atoms with van der Waals surface area (Å²) in [6.45, 7) is 7.70.